The Hall–Kier alpha value is -2.37. The normalized spacial score (nSPS) is 21.5. The van der Waals surface area contributed by atoms with Crippen molar-refractivity contribution in [1.82, 2.24) is 5.32 Å². The molecule has 0 radical (unpaired) electrons. The van der Waals surface area contributed by atoms with Crippen LogP contribution >= 0.6 is 0 Å². The van der Waals surface area contributed by atoms with Gasteiger partial charge in [-0.2, -0.15) is 0 Å². The van der Waals surface area contributed by atoms with E-state index in [-0.39, 0.29) is 11.9 Å². The molecule has 30 heavy (non-hydrogen) atoms. The fourth-order valence-electron chi connectivity index (χ4n) is 4.59. The molecule has 1 atom stereocenters. The molecule has 5 nitrogen and oxygen atoms in total. The molecule has 5 heteroatoms. The largest absolute Gasteiger partial charge is 0.493 e. The fourth-order valence-corrected chi connectivity index (χ4v) is 4.59. The summed E-state index contributed by atoms with van der Waals surface area (Å²) in [7, 11) is 0. The summed E-state index contributed by atoms with van der Waals surface area (Å²) in [4.78, 5) is 15.6. The summed E-state index contributed by atoms with van der Waals surface area (Å²) in [6.07, 6.45) is 2.08. The van der Waals surface area contributed by atoms with Crippen molar-refractivity contribution in [3.8, 4) is 5.75 Å². The van der Waals surface area contributed by atoms with Gasteiger partial charge in [-0.25, -0.2) is 0 Å². The van der Waals surface area contributed by atoms with Crippen molar-refractivity contribution in [1.29, 1.82) is 0 Å². The second kappa shape index (κ2) is 9.63. The molecule has 2 aromatic carbocycles. The van der Waals surface area contributed by atoms with Crippen LogP contribution in [0.2, 0.25) is 0 Å². The SMILES string of the molecule is CCc1ccc([C@@H](C)NC(=O)C[NH+]2CC[NH+](Cc3ccc4c(c3)CCO4)CC2)cc1. The Kier molecular flexibility index (Phi) is 6.70. The maximum atomic E-state index is 12.5. The van der Waals surface area contributed by atoms with Crippen molar-refractivity contribution in [2.75, 3.05) is 39.3 Å². The third-order valence-electron chi connectivity index (χ3n) is 6.55. The number of quaternary nitrogens is 2. The van der Waals surface area contributed by atoms with E-state index in [4.69, 9.17) is 4.74 Å². The number of hydrogen-bond donors (Lipinski definition) is 3. The van der Waals surface area contributed by atoms with Gasteiger partial charge in [0.1, 0.15) is 38.5 Å². The molecular weight excluding hydrogens is 374 g/mol. The number of aryl methyl sites for hydroxylation is 1. The molecule has 2 aliphatic heterocycles. The minimum Gasteiger partial charge on any atom is -0.493 e. The molecule has 2 heterocycles. The van der Waals surface area contributed by atoms with Crippen LogP contribution in [0.4, 0.5) is 0 Å². The highest BCUT2D eigenvalue weighted by atomic mass is 16.5. The van der Waals surface area contributed by atoms with Gasteiger partial charge in [0.15, 0.2) is 6.54 Å². The third-order valence-corrected chi connectivity index (χ3v) is 6.55. The number of benzene rings is 2. The Morgan fingerprint density at radius 1 is 1.03 bits per heavy atom. The van der Waals surface area contributed by atoms with Crippen LogP contribution in [-0.4, -0.2) is 45.2 Å². The summed E-state index contributed by atoms with van der Waals surface area (Å²) in [5.41, 5.74) is 5.25. The Labute approximate surface area is 180 Å². The zero-order valence-corrected chi connectivity index (χ0v) is 18.3. The van der Waals surface area contributed by atoms with Gasteiger partial charge in [0.25, 0.3) is 5.91 Å². The quantitative estimate of drug-likeness (QED) is 0.618. The number of ether oxygens (including phenoxy) is 1. The number of fused-ring (bicyclic) bond motifs is 1. The maximum absolute atomic E-state index is 12.5. The molecule has 0 bridgehead atoms. The Morgan fingerprint density at radius 3 is 2.47 bits per heavy atom. The first kappa shape index (κ1) is 20.9. The standard InChI is InChI=1S/C25H33N3O2/c1-3-20-4-7-22(8-5-20)19(2)26-25(29)18-28-13-11-27(12-14-28)17-21-6-9-24-23(16-21)10-15-30-24/h4-9,16,19H,3,10-15,17-18H2,1-2H3,(H,26,29)/p+2/t19-/m1/s1. The van der Waals surface area contributed by atoms with Crippen molar-refractivity contribution < 1.29 is 19.3 Å². The summed E-state index contributed by atoms with van der Waals surface area (Å²) in [5, 5.41) is 3.18. The molecule has 4 rings (SSSR count). The Bertz CT molecular complexity index is 857. The number of carbonyl (C=O) groups is 1. The van der Waals surface area contributed by atoms with Gasteiger partial charge in [0.2, 0.25) is 0 Å². The van der Waals surface area contributed by atoms with E-state index in [2.05, 4.69) is 61.6 Å². The van der Waals surface area contributed by atoms with E-state index in [9.17, 15) is 4.79 Å². The van der Waals surface area contributed by atoms with Crippen molar-refractivity contribution >= 4 is 5.91 Å². The lowest BCUT2D eigenvalue weighted by Crippen LogP contribution is -3.28. The molecule has 0 spiro atoms. The molecule has 0 unspecified atom stereocenters. The van der Waals surface area contributed by atoms with Gasteiger partial charge >= 0.3 is 0 Å². The fraction of sp³-hybridized carbons (Fsp3) is 0.480. The molecule has 1 amide bonds. The first-order valence-corrected chi connectivity index (χ1v) is 11.4. The number of carbonyl (C=O) groups excluding carboxylic acids is 1. The first-order valence-electron chi connectivity index (χ1n) is 11.4. The van der Waals surface area contributed by atoms with Crippen LogP contribution in [0.15, 0.2) is 42.5 Å². The van der Waals surface area contributed by atoms with Crippen molar-refractivity contribution in [2.24, 2.45) is 0 Å². The van der Waals surface area contributed by atoms with Crippen LogP contribution < -0.4 is 19.9 Å². The maximum Gasteiger partial charge on any atom is 0.275 e. The number of amides is 1. The van der Waals surface area contributed by atoms with Gasteiger partial charge in [-0.15, -0.1) is 0 Å². The minimum atomic E-state index is 0.0542. The zero-order chi connectivity index (χ0) is 20.9. The number of nitrogens with one attached hydrogen (secondary N) is 3. The lowest BCUT2D eigenvalue weighted by atomic mass is 10.0. The monoisotopic (exact) mass is 409 g/mol. The smallest absolute Gasteiger partial charge is 0.275 e. The molecule has 1 fully saturated rings. The molecule has 160 valence electrons. The van der Waals surface area contributed by atoms with Crippen LogP contribution in [0.1, 0.15) is 42.1 Å². The molecule has 0 aliphatic carbocycles. The van der Waals surface area contributed by atoms with Gasteiger partial charge in [-0.3, -0.25) is 4.79 Å². The van der Waals surface area contributed by atoms with Gasteiger partial charge < -0.3 is 19.9 Å². The zero-order valence-electron chi connectivity index (χ0n) is 18.3. The van der Waals surface area contributed by atoms with Crippen LogP contribution in [0, 0.1) is 0 Å². The average Bonchev–Trinajstić information content (AvgIpc) is 3.23. The molecule has 3 N–H and O–H groups in total. The second-order valence-electron chi connectivity index (χ2n) is 8.78. The van der Waals surface area contributed by atoms with Gasteiger partial charge in [0.05, 0.1) is 12.6 Å². The van der Waals surface area contributed by atoms with E-state index in [1.54, 1.807) is 4.90 Å². The summed E-state index contributed by atoms with van der Waals surface area (Å²) < 4.78 is 5.61. The number of piperazine rings is 1. The highest BCUT2D eigenvalue weighted by Gasteiger charge is 2.26. The second-order valence-corrected chi connectivity index (χ2v) is 8.78. The molecule has 1 saturated heterocycles. The van der Waals surface area contributed by atoms with Crippen LogP contribution in [0.5, 0.6) is 5.75 Å². The summed E-state index contributed by atoms with van der Waals surface area (Å²) in [6.45, 7) is 11.0. The number of hydrogen-bond acceptors (Lipinski definition) is 2. The van der Waals surface area contributed by atoms with Crippen molar-refractivity contribution in [3.63, 3.8) is 0 Å². The Morgan fingerprint density at radius 2 is 1.73 bits per heavy atom. The van der Waals surface area contributed by atoms with Gasteiger partial charge in [0, 0.05) is 12.0 Å². The van der Waals surface area contributed by atoms with Crippen LogP contribution in [0.25, 0.3) is 0 Å². The van der Waals surface area contributed by atoms with E-state index in [1.807, 2.05) is 0 Å². The molecule has 2 aliphatic rings. The van der Waals surface area contributed by atoms with E-state index in [1.165, 1.54) is 27.2 Å². The molecular formula is C25H35N3O2+2. The van der Waals surface area contributed by atoms with E-state index in [0.29, 0.717) is 6.54 Å². The molecule has 2 aromatic rings. The highest BCUT2D eigenvalue weighted by molar-refractivity contribution is 5.77. The predicted octanol–water partition coefficient (Wildman–Crippen LogP) is 0.345. The first-order chi connectivity index (χ1) is 14.6. The van der Waals surface area contributed by atoms with E-state index < -0.39 is 0 Å². The average molecular weight is 410 g/mol. The summed E-state index contributed by atoms with van der Waals surface area (Å²) in [6, 6.07) is 15.3. The van der Waals surface area contributed by atoms with E-state index in [0.717, 1.165) is 57.9 Å². The lowest BCUT2D eigenvalue weighted by Gasteiger charge is -2.29. The third kappa shape index (κ3) is 5.21. The summed E-state index contributed by atoms with van der Waals surface area (Å²) >= 11 is 0. The predicted molar refractivity (Wildman–Crippen MR) is 118 cm³/mol. The molecule has 0 saturated carbocycles. The Balaban J connectivity index is 1.20. The lowest BCUT2D eigenvalue weighted by molar-refractivity contribution is -1.02. The highest BCUT2D eigenvalue weighted by Crippen LogP contribution is 2.25. The summed E-state index contributed by atoms with van der Waals surface area (Å²) in [5.74, 6) is 1.21. The van der Waals surface area contributed by atoms with Crippen LogP contribution in [0.3, 0.4) is 0 Å². The van der Waals surface area contributed by atoms with Crippen molar-refractivity contribution in [3.05, 3.63) is 64.7 Å². The minimum absolute atomic E-state index is 0.0542. The van der Waals surface area contributed by atoms with Crippen molar-refractivity contribution in [2.45, 2.75) is 39.3 Å². The van der Waals surface area contributed by atoms with Gasteiger partial charge in [-0.05, 0) is 48.2 Å². The van der Waals surface area contributed by atoms with Crippen LogP contribution in [-0.2, 0) is 24.2 Å². The topological polar surface area (TPSA) is 47.2 Å². The number of rotatable bonds is 7. The molecule has 0 aromatic heterocycles. The van der Waals surface area contributed by atoms with E-state index >= 15 is 0 Å². The van der Waals surface area contributed by atoms with Gasteiger partial charge in [-0.1, -0.05) is 31.2 Å².